The van der Waals surface area contributed by atoms with Gasteiger partial charge in [0.25, 0.3) is 0 Å². The fraction of sp³-hybridized carbons (Fsp3) is 0.818. The first-order valence-corrected chi connectivity index (χ1v) is 6.09. The number of halogens is 1. The number of nitrogens with zero attached hydrogens (tertiary/aromatic N) is 1. The topological polar surface area (TPSA) is 65.1 Å². The number of ether oxygens (including phenoxy) is 3. The standard InChI is InChI=1S/C11H20ClNO5/c1-11(2,3)18-9(14)13(4)6-5-7-16-10(15)17-8-12/h5-8H2,1-4H3. The molecule has 0 aromatic heterocycles. The van der Waals surface area contributed by atoms with Crippen molar-refractivity contribution in [3.8, 4) is 0 Å². The van der Waals surface area contributed by atoms with Crippen LogP contribution < -0.4 is 0 Å². The average molecular weight is 282 g/mol. The van der Waals surface area contributed by atoms with Gasteiger partial charge in [0.05, 0.1) is 6.61 Å². The molecule has 0 aliphatic rings. The second-order valence-corrected chi connectivity index (χ2v) is 4.83. The molecule has 7 heteroatoms. The quantitative estimate of drug-likeness (QED) is 0.440. The molecule has 0 aromatic carbocycles. The fourth-order valence-corrected chi connectivity index (χ4v) is 1.06. The van der Waals surface area contributed by atoms with Gasteiger partial charge in [-0.1, -0.05) is 11.6 Å². The van der Waals surface area contributed by atoms with Crippen LogP contribution in [0.15, 0.2) is 0 Å². The van der Waals surface area contributed by atoms with E-state index in [9.17, 15) is 9.59 Å². The van der Waals surface area contributed by atoms with Crippen molar-refractivity contribution in [2.45, 2.75) is 32.8 Å². The van der Waals surface area contributed by atoms with Crippen LogP contribution in [0.2, 0.25) is 0 Å². The Morgan fingerprint density at radius 1 is 1.22 bits per heavy atom. The van der Waals surface area contributed by atoms with Crippen LogP contribution in [-0.2, 0) is 14.2 Å². The van der Waals surface area contributed by atoms with Gasteiger partial charge in [0.2, 0.25) is 0 Å². The Bertz CT molecular complexity index is 277. The van der Waals surface area contributed by atoms with Crippen molar-refractivity contribution in [2.24, 2.45) is 0 Å². The zero-order chi connectivity index (χ0) is 14.2. The van der Waals surface area contributed by atoms with Gasteiger partial charge in [-0.2, -0.15) is 0 Å². The van der Waals surface area contributed by atoms with Crippen LogP contribution in [0, 0.1) is 0 Å². The van der Waals surface area contributed by atoms with Gasteiger partial charge >= 0.3 is 12.2 Å². The highest BCUT2D eigenvalue weighted by Crippen LogP contribution is 2.09. The summed E-state index contributed by atoms with van der Waals surface area (Å²) in [5, 5.41) is 0. The number of alkyl halides is 1. The minimum Gasteiger partial charge on any atom is -0.444 e. The smallest absolute Gasteiger partial charge is 0.444 e. The van der Waals surface area contributed by atoms with Crippen LogP contribution in [-0.4, -0.2) is 49.0 Å². The molecule has 0 aliphatic heterocycles. The minimum atomic E-state index is -0.815. The lowest BCUT2D eigenvalue weighted by atomic mass is 10.2. The summed E-state index contributed by atoms with van der Waals surface area (Å²) in [6.07, 6.45) is -0.733. The largest absolute Gasteiger partial charge is 0.509 e. The monoisotopic (exact) mass is 281 g/mol. The third kappa shape index (κ3) is 8.92. The second-order valence-electron chi connectivity index (χ2n) is 4.61. The number of hydrogen-bond acceptors (Lipinski definition) is 5. The second kappa shape index (κ2) is 8.02. The third-order valence-corrected chi connectivity index (χ3v) is 1.84. The summed E-state index contributed by atoms with van der Waals surface area (Å²) in [4.78, 5) is 23.7. The number of amides is 1. The molecule has 0 saturated carbocycles. The third-order valence-electron chi connectivity index (χ3n) is 1.74. The zero-order valence-corrected chi connectivity index (χ0v) is 12.0. The summed E-state index contributed by atoms with van der Waals surface area (Å²) in [5.41, 5.74) is -0.522. The van der Waals surface area contributed by atoms with Gasteiger partial charge in [0.15, 0.2) is 6.07 Å². The van der Waals surface area contributed by atoms with Gasteiger partial charge in [0, 0.05) is 13.6 Å². The van der Waals surface area contributed by atoms with Gasteiger partial charge in [-0.05, 0) is 27.2 Å². The van der Waals surface area contributed by atoms with E-state index >= 15 is 0 Å². The molecule has 106 valence electrons. The Morgan fingerprint density at radius 2 is 1.83 bits per heavy atom. The van der Waals surface area contributed by atoms with Crippen LogP contribution in [0.4, 0.5) is 9.59 Å². The number of hydrogen-bond donors (Lipinski definition) is 0. The highest BCUT2D eigenvalue weighted by atomic mass is 35.5. The summed E-state index contributed by atoms with van der Waals surface area (Å²) in [7, 11) is 1.62. The van der Waals surface area contributed by atoms with Crippen molar-refractivity contribution in [1.29, 1.82) is 0 Å². The molecule has 6 nitrogen and oxygen atoms in total. The molecule has 0 aromatic rings. The molecule has 0 fully saturated rings. The van der Waals surface area contributed by atoms with E-state index < -0.39 is 17.8 Å². The maximum Gasteiger partial charge on any atom is 0.509 e. The molecule has 18 heavy (non-hydrogen) atoms. The van der Waals surface area contributed by atoms with Crippen LogP contribution in [0.5, 0.6) is 0 Å². The Morgan fingerprint density at radius 3 is 2.33 bits per heavy atom. The van der Waals surface area contributed by atoms with Crippen molar-refractivity contribution >= 4 is 23.8 Å². The van der Waals surface area contributed by atoms with Crippen LogP contribution in [0.25, 0.3) is 0 Å². The molecule has 0 radical (unpaired) electrons. The molecule has 0 unspecified atom stereocenters. The molecular formula is C11H20ClNO5. The Labute approximate surface area is 112 Å². The predicted octanol–water partition coefficient (Wildman–Crippen LogP) is 2.59. The molecule has 1 amide bonds. The van der Waals surface area contributed by atoms with E-state index in [4.69, 9.17) is 16.3 Å². The SMILES string of the molecule is CN(CCCOC(=O)OCCl)C(=O)OC(C)(C)C. The van der Waals surface area contributed by atoms with E-state index in [-0.39, 0.29) is 12.7 Å². The van der Waals surface area contributed by atoms with Gasteiger partial charge in [-0.15, -0.1) is 0 Å². The molecular weight excluding hydrogens is 262 g/mol. The van der Waals surface area contributed by atoms with Gasteiger partial charge in [-0.3, -0.25) is 0 Å². The summed E-state index contributed by atoms with van der Waals surface area (Å²) in [6.45, 7) is 5.96. The van der Waals surface area contributed by atoms with Crippen LogP contribution in [0.1, 0.15) is 27.2 Å². The van der Waals surface area contributed by atoms with Crippen molar-refractivity contribution in [3.63, 3.8) is 0 Å². The fourth-order valence-electron chi connectivity index (χ4n) is 0.975. The van der Waals surface area contributed by atoms with Crippen LogP contribution in [0.3, 0.4) is 0 Å². The molecule has 0 heterocycles. The first kappa shape index (κ1) is 16.8. The highest BCUT2D eigenvalue weighted by Gasteiger charge is 2.19. The average Bonchev–Trinajstić information content (AvgIpc) is 2.22. The Kier molecular flexibility index (Phi) is 7.50. The van der Waals surface area contributed by atoms with Crippen molar-refractivity contribution in [2.75, 3.05) is 26.3 Å². The molecule has 0 rings (SSSR count). The van der Waals surface area contributed by atoms with E-state index in [2.05, 4.69) is 9.47 Å². The number of carbonyl (C=O) groups excluding carboxylic acids is 2. The molecule has 0 atom stereocenters. The lowest BCUT2D eigenvalue weighted by molar-refractivity contribution is 0.0278. The van der Waals surface area contributed by atoms with Gasteiger partial charge in [-0.25, -0.2) is 9.59 Å². The van der Waals surface area contributed by atoms with E-state index in [0.29, 0.717) is 13.0 Å². The molecule has 0 saturated heterocycles. The lowest BCUT2D eigenvalue weighted by Gasteiger charge is -2.24. The van der Waals surface area contributed by atoms with E-state index in [1.165, 1.54) is 4.90 Å². The maximum atomic E-state index is 11.5. The molecule has 0 aliphatic carbocycles. The normalized spacial score (nSPS) is 10.7. The molecule has 0 N–H and O–H groups in total. The minimum absolute atomic E-state index is 0.156. The van der Waals surface area contributed by atoms with Crippen molar-refractivity contribution in [3.05, 3.63) is 0 Å². The van der Waals surface area contributed by atoms with Crippen molar-refractivity contribution in [1.82, 2.24) is 4.90 Å². The summed E-state index contributed by atoms with van der Waals surface area (Å²) in [6, 6.07) is -0.239. The summed E-state index contributed by atoms with van der Waals surface area (Å²) >= 11 is 5.17. The molecule has 0 spiro atoms. The van der Waals surface area contributed by atoms with E-state index in [0.717, 1.165) is 0 Å². The van der Waals surface area contributed by atoms with Gasteiger partial charge in [0.1, 0.15) is 5.60 Å². The van der Waals surface area contributed by atoms with Gasteiger partial charge < -0.3 is 19.1 Å². The van der Waals surface area contributed by atoms with E-state index in [1.807, 2.05) is 0 Å². The predicted molar refractivity (Wildman–Crippen MR) is 66.6 cm³/mol. The lowest BCUT2D eigenvalue weighted by Crippen LogP contribution is -2.35. The zero-order valence-electron chi connectivity index (χ0n) is 11.2. The summed E-state index contributed by atoms with van der Waals surface area (Å²) < 4.78 is 14.2. The number of rotatable bonds is 5. The Hall–Kier alpha value is -1.17. The highest BCUT2D eigenvalue weighted by molar-refractivity contribution is 6.17. The summed E-state index contributed by atoms with van der Waals surface area (Å²) in [5.74, 6) is 0. The van der Waals surface area contributed by atoms with Crippen molar-refractivity contribution < 1.29 is 23.8 Å². The number of carbonyl (C=O) groups is 2. The Balaban J connectivity index is 3.74. The first-order chi connectivity index (χ1) is 8.26. The van der Waals surface area contributed by atoms with Crippen LogP contribution >= 0.6 is 11.6 Å². The maximum absolute atomic E-state index is 11.5. The first-order valence-electron chi connectivity index (χ1n) is 5.56. The van der Waals surface area contributed by atoms with E-state index in [1.54, 1.807) is 27.8 Å². The molecule has 0 bridgehead atoms.